The first kappa shape index (κ1) is 24.2. The third kappa shape index (κ3) is 12.3. The van der Waals surface area contributed by atoms with Gasteiger partial charge in [0, 0.05) is 18.1 Å². The molecule has 1 aromatic heterocycles. The molecule has 0 unspecified atom stereocenters. The lowest BCUT2D eigenvalue weighted by molar-refractivity contribution is -0.697. The van der Waals surface area contributed by atoms with Crippen LogP contribution in [0.1, 0.15) is 128 Å². The summed E-state index contributed by atoms with van der Waals surface area (Å²) in [7, 11) is 0. The first-order valence-electron chi connectivity index (χ1n) is 12.3. The average molecular weight is 375 g/mol. The van der Waals surface area contributed by atoms with Crippen LogP contribution < -0.4 is 4.57 Å². The van der Waals surface area contributed by atoms with Crippen molar-refractivity contribution in [2.45, 2.75) is 136 Å². The molecule has 0 aliphatic rings. The van der Waals surface area contributed by atoms with Gasteiger partial charge in [-0.15, -0.1) is 0 Å². The second kappa shape index (κ2) is 17.3. The molecule has 0 bridgehead atoms. The van der Waals surface area contributed by atoms with Crippen molar-refractivity contribution in [2.24, 2.45) is 0 Å². The largest absolute Gasteiger partial charge is 0.205 e. The van der Waals surface area contributed by atoms with E-state index < -0.39 is 0 Å². The summed E-state index contributed by atoms with van der Waals surface area (Å²) in [4.78, 5) is 0. The van der Waals surface area contributed by atoms with E-state index in [1.807, 2.05) is 0 Å². The van der Waals surface area contributed by atoms with Crippen molar-refractivity contribution in [1.82, 2.24) is 0 Å². The molecule has 0 aromatic carbocycles. The Morgan fingerprint density at radius 1 is 0.556 bits per heavy atom. The predicted octanol–water partition coefficient (Wildman–Crippen LogP) is 7.97. The summed E-state index contributed by atoms with van der Waals surface area (Å²) in [5.74, 6) is 0. The molecule has 1 heteroatoms. The lowest BCUT2D eigenvalue weighted by Crippen LogP contribution is -2.33. The van der Waals surface area contributed by atoms with Crippen LogP contribution in [0.2, 0.25) is 0 Å². The van der Waals surface area contributed by atoms with Gasteiger partial charge >= 0.3 is 0 Å². The molecule has 0 amide bonds. The van der Waals surface area contributed by atoms with Crippen LogP contribution in [0.4, 0.5) is 0 Å². The molecule has 0 aliphatic carbocycles. The minimum atomic E-state index is 1.20. The summed E-state index contributed by atoms with van der Waals surface area (Å²) in [6.45, 7) is 8.10. The maximum absolute atomic E-state index is 2.47. The molecule has 0 spiro atoms. The second-order valence-electron chi connectivity index (χ2n) is 8.48. The summed E-state index contributed by atoms with van der Waals surface area (Å²) in [6, 6.07) is 2.42. The quantitative estimate of drug-likeness (QED) is 0.181. The number of aromatic nitrogens is 1. The van der Waals surface area contributed by atoms with Crippen LogP contribution in [0.25, 0.3) is 0 Å². The Balaban J connectivity index is 2.35. The zero-order valence-electron chi connectivity index (χ0n) is 18.9. The van der Waals surface area contributed by atoms with Crippen LogP contribution in [-0.4, -0.2) is 0 Å². The number of rotatable bonds is 18. The normalized spacial score (nSPS) is 11.2. The minimum absolute atomic E-state index is 1.20. The molecule has 0 radical (unpaired) electrons. The van der Waals surface area contributed by atoms with Crippen molar-refractivity contribution < 1.29 is 4.57 Å². The molecular weight excluding hydrogens is 326 g/mol. The molecule has 156 valence electrons. The molecule has 0 saturated heterocycles. The van der Waals surface area contributed by atoms with Crippen LogP contribution in [0.3, 0.4) is 0 Å². The smallest absolute Gasteiger partial charge is 0.172 e. The molecule has 0 atom stereocenters. The maximum atomic E-state index is 2.47. The fourth-order valence-electron chi connectivity index (χ4n) is 3.96. The Kier molecular flexibility index (Phi) is 15.5. The zero-order chi connectivity index (χ0) is 19.6. The minimum Gasteiger partial charge on any atom is -0.205 e. The fraction of sp³-hybridized carbons (Fsp3) is 0.808. The van der Waals surface area contributed by atoms with Crippen molar-refractivity contribution in [1.29, 1.82) is 0 Å². The van der Waals surface area contributed by atoms with E-state index in [0.717, 1.165) is 0 Å². The van der Waals surface area contributed by atoms with Crippen LogP contribution >= 0.6 is 0 Å². The van der Waals surface area contributed by atoms with Crippen molar-refractivity contribution in [3.63, 3.8) is 0 Å². The Bertz CT molecular complexity index is 452. The van der Waals surface area contributed by atoms with Gasteiger partial charge < -0.3 is 0 Å². The number of aryl methyl sites for hydroxylation is 3. The van der Waals surface area contributed by atoms with E-state index in [-0.39, 0.29) is 0 Å². The molecule has 1 aromatic rings. The number of nitrogens with zero attached hydrogens (tertiary/aromatic N) is 1. The predicted molar refractivity (Wildman–Crippen MR) is 120 cm³/mol. The molecule has 0 fully saturated rings. The number of hydrogen-bond acceptors (Lipinski definition) is 0. The van der Waals surface area contributed by atoms with E-state index in [1.54, 1.807) is 11.1 Å². The standard InChI is InChI=1S/C26H48N/c1-4-7-10-11-12-13-14-15-18-22-27-23-21-25(19-16-8-5-2)26(24-27)20-17-9-6-3/h21,23-24H,4-20,22H2,1-3H3/q+1. The van der Waals surface area contributed by atoms with Crippen LogP contribution in [-0.2, 0) is 19.4 Å². The first-order chi connectivity index (χ1) is 13.3. The highest BCUT2D eigenvalue weighted by molar-refractivity contribution is 5.21. The van der Waals surface area contributed by atoms with Crippen molar-refractivity contribution in [3.05, 3.63) is 29.6 Å². The maximum Gasteiger partial charge on any atom is 0.172 e. The van der Waals surface area contributed by atoms with E-state index >= 15 is 0 Å². The summed E-state index contributed by atoms with van der Waals surface area (Å²) >= 11 is 0. The van der Waals surface area contributed by atoms with Gasteiger partial charge in [-0.25, -0.2) is 4.57 Å². The lowest BCUT2D eigenvalue weighted by Gasteiger charge is -2.09. The molecular formula is C26H48N+. The topological polar surface area (TPSA) is 3.88 Å². The van der Waals surface area contributed by atoms with Crippen LogP contribution in [0.15, 0.2) is 18.5 Å². The summed E-state index contributed by atoms with van der Waals surface area (Å²) < 4.78 is 2.46. The highest BCUT2D eigenvalue weighted by Crippen LogP contribution is 2.15. The SMILES string of the molecule is CCCCCCCCCCC[n+]1ccc(CCCCC)c(CCCCC)c1. The molecule has 1 nitrogen and oxygen atoms in total. The first-order valence-corrected chi connectivity index (χ1v) is 12.3. The summed E-state index contributed by atoms with van der Waals surface area (Å²) in [5.41, 5.74) is 3.24. The van der Waals surface area contributed by atoms with E-state index in [0.29, 0.717) is 0 Å². The highest BCUT2D eigenvalue weighted by Gasteiger charge is 2.09. The molecule has 0 N–H and O–H groups in total. The number of hydrogen-bond donors (Lipinski definition) is 0. The number of pyridine rings is 1. The van der Waals surface area contributed by atoms with Gasteiger partial charge in [0.2, 0.25) is 0 Å². The van der Waals surface area contributed by atoms with Gasteiger partial charge in [-0.1, -0.05) is 91.4 Å². The average Bonchev–Trinajstić information content (AvgIpc) is 2.68. The molecule has 1 heterocycles. The Morgan fingerprint density at radius 3 is 1.63 bits per heavy atom. The van der Waals surface area contributed by atoms with E-state index in [9.17, 15) is 0 Å². The van der Waals surface area contributed by atoms with Gasteiger partial charge in [0.25, 0.3) is 0 Å². The van der Waals surface area contributed by atoms with E-state index in [1.165, 1.54) is 116 Å². The fourth-order valence-corrected chi connectivity index (χ4v) is 3.96. The summed E-state index contributed by atoms with van der Waals surface area (Å²) in [5, 5.41) is 0. The Labute approximate surface area is 171 Å². The van der Waals surface area contributed by atoms with Gasteiger partial charge in [0.15, 0.2) is 12.4 Å². The molecule has 27 heavy (non-hydrogen) atoms. The van der Waals surface area contributed by atoms with Crippen molar-refractivity contribution in [3.8, 4) is 0 Å². The molecule has 0 saturated carbocycles. The van der Waals surface area contributed by atoms with E-state index in [4.69, 9.17) is 0 Å². The van der Waals surface area contributed by atoms with Crippen LogP contribution in [0.5, 0.6) is 0 Å². The monoisotopic (exact) mass is 374 g/mol. The van der Waals surface area contributed by atoms with Crippen molar-refractivity contribution >= 4 is 0 Å². The van der Waals surface area contributed by atoms with Gasteiger partial charge in [-0.2, -0.15) is 0 Å². The highest BCUT2D eigenvalue weighted by atomic mass is 14.9. The molecule has 0 aliphatic heterocycles. The Morgan fingerprint density at radius 2 is 1.04 bits per heavy atom. The third-order valence-electron chi connectivity index (χ3n) is 5.82. The van der Waals surface area contributed by atoms with Crippen LogP contribution in [0, 0.1) is 0 Å². The Hall–Kier alpha value is -0.850. The third-order valence-corrected chi connectivity index (χ3v) is 5.82. The van der Waals surface area contributed by atoms with Crippen molar-refractivity contribution in [2.75, 3.05) is 0 Å². The number of unbranched alkanes of at least 4 members (excludes halogenated alkanes) is 12. The van der Waals surface area contributed by atoms with Gasteiger partial charge in [0.05, 0.1) is 0 Å². The van der Waals surface area contributed by atoms with E-state index in [2.05, 4.69) is 43.8 Å². The van der Waals surface area contributed by atoms with Gasteiger partial charge in [0.1, 0.15) is 6.54 Å². The lowest BCUT2D eigenvalue weighted by atomic mass is 9.99. The van der Waals surface area contributed by atoms with Gasteiger partial charge in [-0.05, 0) is 37.7 Å². The summed E-state index contributed by atoms with van der Waals surface area (Å²) in [6.07, 6.45) is 28.1. The van der Waals surface area contributed by atoms with Gasteiger partial charge in [-0.3, -0.25) is 0 Å². The zero-order valence-corrected chi connectivity index (χ0v) is 18.9. The second-order valence-corrected chi connectivity index (χ2v) is 8.48. The molecule has 1 rings (SSSR count).